The Balaban J connectivity index is 3.18. The average Bonchev–Trinajstić information content (AvgIpc) is 2.47. The fraction of sp³-hybridized carbons (Fsp3) is 0.571. The Hall–Kier alpha value is -1.18. The first-order chi connectivity index (χ1) is 6.68. The van der Waals surface area contributed by atoms with Crippen molar-refractivity contribution in [3.05, 3.63) is 17.5 Å². The van der Waals surface area contributed by atoms with Crippen molar-refractivity contribution >= 4 is 0 Å². The Kier molecular flexibility index (Phi) is 2.73. The summed E-state index contributed by atoms with van der Waals surface area (Å²) in [7, 11) is 0.953. The number of aryl methyl sites for hydroxylation is 1. The van der Waals surface area contributed by atoms with Crippen molar-refractivity contribution < 1.29 is 27.1 Å². The molecule has 0 atom stereocenters. The van der Waals surface area contributed by atoms with Gasteiger partial charge in [-0.25, -0.2) is 0 Å². The van der Waals surface area contributed by atoms with Gasteiger partial charge in [-0.1, -0.05) is 0 Å². The maximum atomic E-state index is 12.9. The molecule has 86 valence electrons. The molecule has 0 aromatic carbocycles. The summed E-state index contributed by atoms with van der Waals surface area (Å²) in [4.78, 5) is 0. The molecule has 1 aromatic rings. The molecule has 0 spiro atoms. The van der Waals surface area contributed by atoms with Crippen molar-refractivity contribution in [1.82, 2.24) is 9.78 Å². The van der Waals surface area contributed by atoms with E-state index in [-0.39, 0.29) is 6.07 Å². The third-order valence-corrected chi connectivity index (χ3v) is 1.74. The molecule has 0 saturated carbocycles. The van der Waals surface area contributed by atoms with Gasteiger partial charge in [0.25, 0.3) is 0 Å². The summed E-state index contributed by atoms with van der Waals surface area (Å²) >= 11 is 0. The van der Waals surface area contributed by atoms with Gasteiger partial charge in [0.15, 0.2) is 5.69 Å². The molecule has 0 radical (unpaired) electrons. The van der Waals surface area contributed by atoms with E-state index in [4.69, 9.17) is 5.11 Å². The highest BCUT2D eigenvalue weighted by Gasteiger charge is 2.40. The number of aromatic nitrogens is 2. The summed E-state index contributed by atoms with van der Waals surface area (Å²) in [6.07, 6.45) is -4.78. The molecule has 0 bridgehead atoms. The maximum Gasteiger partial charge on any atom is 0.435 e. The molecule has 1 rings (SSSR count). The van der Waals surface area contributed by atoms with Gasteiger partial charge in [-0.2, -0.15) is 27.1 Å². The maximum absolute atomic E-state index is 12.9. The van der Waals surface area contributed by atoms with Crippen LogP contribution in [0.4, 0.5) is 22.0 Å². The van der Waals surface area contributed by atoms with Gasteiger partial charge in [-0.3, -0.25) is 4.68 Å². The summed E-state index contributed by atoms with van der Waals surface area (Å²) < 4.78 is 62.4. The third-order valence-electron chi connectivity index (χ3n) is 1.74. The zero-order valence-corrected chi connectivity index (χ0v) is 7.52. The molecule has 0 aliphatic heterocycles. The second-order valence-electron chi connectivity index (χ2n) is 2.90. The summed E-state index contributed by atoms with van der Waals surface area (Å²) in [6, 6.07) is 0.218. The SMILES string of the molecule is Cn1nc(C(F)(F)F)cc1C(F)(F)CO. The number of halogens is 5. The Morgan fingerprint density at radius 1 is 1.33 bits per heavy atom. The van der Waals surface area contributed by atoms with Crippen LogP contribution >= 0.6 is 0 Å². The topological polar surface area (TPSA) is 38.0 Å². The third kappa shape index (κ3) is 2.25. The van der Waals surface area contributed by atoms with Gasteiger partial charge in [0, 0.05) is 7.05 Å². The van der Waals surface area contributed by atoms with E-state index in [1.54, 1.807) is 0 Å². The van der Waals surface area contributed by atoms with Crippen molar-refractivity contribution in [2.75, 3.05) is 6.61 Å². The van der Waals surface area contributed by atoms with E-state index >= 15 is 0 Å². The smallest absolute Gasteiger partial charge is 0.390 e. The van der Waals surface area contributed by atoms with Gasteiger partial charge in [0.1, 0.15) is 12.3 Å². The molecule has 15 heavy (non-hydrogen) atoms. The lowest BCUT2D eigenvalue weighted by Crippen LogP contribution is -2.22. The number of hydrogen-bond acceptors (Lipinski definition) is 2. The standard InChI is InChI=1S/C7H7F5N2O/c1-14-5(6(8,9)3-15)2-4(13-14)7(10,11)12/h2,15H,3H2,1H3. The van der Waals surface area contributed by atoms with Crippen LogP contribution in [0, 0.1) is 0 Å². The van der Waals surface area contributed by atoms with E-state index < -0.39 is 30.1 Å². The van der Waals surface area contributed by atoms with Crippen LogP contribution in [0.2, 0.25) is 0 Å². The number of aliphatic hydroxyl groups excluding tert-OH is 1. The fourth-order valence-corrected chi connectivity index (χ4v) is 1.03. The molecular formula is C7H7F5N2O. The normalized spacial score (nSPS) is 13.3. The molecular weight excluding hydrogens is 223 g/mol. The molecule has 8 heteroatoms. The van der Waals surface area contributed by atoms with Gasteiger partial charge in [-0.05, 0) is 6.07 Å². The van der Waals surface area contributed by atoms with Crippen molar-refractivity contribution in [3.63, 3.8) is 0 Å². The zero-order valence-electron chi connectivity index (χ0n) is 7.52. The predicted molar refractivity (Wildman–Crippen MR) is 39.2 cm³/mol. The minimum atomic E-state index is -4.78. The second kappa shape index (κ2) is 3.44. The van der Waals surface area contributed by atoms with Crippen LogP contribution in [0.1, 0.15) is 11.4 Å². The van der Waals surface area contributed by atoms with Crippen LogP contribution in [0.5, 0.6) is 0 Å². The highest BCUT2D eigenvalue weighted by atomic mass is 19.4. The van der Waals surface area contributed by atoms with Crippen LogP contribution in [0.15, 0.2) is 6.07 Å². The van der Waals surface area contributed by atoms with Gasteiger partial charge in [-0.15, -0.1) is 0 Å². The first kappa shape index (κ1) is 11.9. The number of nitrogens with zero attached hydrogens (tertiary/aromatic N) is 2. The van der Waals surface area contributed by atoms with Crippen molar-refractivity contribution in [2.45, 2.75) is 12.1 Å². The monoisotopic (exact) mass is 230 g/mol. The first-order valence-corrected chi connectivity index (χ1v) is 3.79. The molecule has 0 unspecified atom stereocenters. The minimum absolute atomic E-state index is 0.218. The fourth-order valence-electron chi connectivity index (χ4n) is 1.03. The molecule has 0 saturated heterocycles. The van der Waals surface area contributed by atoms with Crippen LogP contribution in [-0.4, -0.2) is 21.5 Å². The van der Waals surface area contributed by atoms with Crippen LogP contribution in [0.3, 0.4) is 0 Å². The summed E-state index contributed by atoms with van der Waals surface area (Å²) in [5.74, 6) is -3.73. The summed E-state index contributed by atoms with van der Waals surface area (Å²) in [6.45, 7) is -1.57. The molecule has 3 nitrogen and oxygen atoms in total. The number of alkyl halides is 5. The lowest BCUT2D eigenvalue weighted by molar-refractivity contribution is -0.141. The quantitative estimate of drug-likeness (QED) is 0.782. The van der Waals surface area contributed by atoms with Crippen molar-refractivity contribution in [3.8, 4) is 0 Å². The van der Waals surface area contributed by atoms with Crippen LogP contribution in [-0.2, 0) is 19.1 Å². The van der Waals surface area contributed by atoms with Gasteiger partial charge >= 0.3 is 12.1 Å². The van der Waals surface area contributed by atoms with Gasteiger partial charge < -0.3 is 5.11 Å². The molecule has 1 aromatic heterocycles. The summed E-state index contributed by atoms with van der Waals surface area (Å²) in [5, 5.41) is 11.2. The highest BCUT2D eigenvalue weighted by molar-refractivity contribution is 5.17. The van der Waals surface area contributed by atoms with E-state index in [9.17, 15) is 22.0 Å². The van der Waals surface area contributed by atoms with Crippen molar-refractivity contribution in [1.29, 1.82) is 0 Å². The lowest BCUT2D eigenvalue weighted by atomic mass is 10.2. The molecule has 0 aliphatic rings. The Bertz CT molecular complexity index is 357. The molecule has 1 N–H and O–H groups in total. The van der Waals surface area contributed by atoms with Crippen molar-refractivity contribution in [2.24, 2.45) is 7.05 Å². The minimum Gasteiger partial charge on any atom is -0.390 e. The number of aliphatic hydroxyl groups is 1. The number of hydrogen-bond donors (Lipinski definition) is 1. The Labute approximate surface area is 81.1 Å². The van der Waals surface area contributed by atoms with E-state index in [1.807, 2.05) is 0 Å². The van der Waals surface area contributed by atoms with Gasteiger partial charge in [0.05, 0.1) is 0 Å². The molecule has 0 aliphatic carbocycles. The zero-order chi connectivity index (χ0) is 11.9. The van der Waals surface area contributed by atoms with E-state index in [0.29, 0.717) is 4.68 Å². The van der Waals surface area contributed by atoms with E-state index in [0.717, 1.165) is 7.05 Å². The number of rotatable bonds is 2. The molecule has 0 fully saturated rings. The second-order valence-corrected chi connectivity index (χ2v) is 2.90. The predicted octanol–water partition coefficient (Wildman–Crippen LogP) is 1.52. The van der Waals surface area contributed by atoms with E-state index in [2.05, 4.69) is 5.10 Å². The largest absolute Gasteiger partial charge is 0.435 e. The van der Waals surface area contributed by atoms with Crippen LogP contribution in [0.25, 0.3) is 0 Å². The average molecular weight is 230 g/mol. The highest BCUT2D eigenvalue weighted by Crippen LogP contribution is 2.33. The van der Waals surface area contributed by atoms with E-state index in [1.165, 1.54) is 0 Å². The molecule has 0 amide bonds. The van der Waals surface area contributed by atoms with Gasteiger partial charge in [0.2, 0.25) is 0 Å². The molecule has 1 heterocycles. The Morgan fingerprint density at radius 3 is 2.20 bits per heavy atom. The first-order valence-electron chi connectivity index (χ1n) is 3.79. The Morgan fingerprint density at radius 2 is 1.87 bits per heavy atom. The lowest BCUT2D eigenvalue weighted by Gasteiger charge is -2.12. The summed E-state index contributed by atoms with van der Waals surface area (Å²) in [5.41, 5.74) is -2.38. The van der Waals surface area contributed by atoms with Crippen LogP contribution < -0.4 is 0 Å².